The van der Waals surface area contributed by atoms with E-state index in [1.165, 1.54) is 12.1 Å². The molecular weight excluding hydrogens is 425 g/mol. The van der Waals surface area contributed by atoms with Gasteiger partial charge in [0.2, 0.25) is 0 Å². The van der Waals surface area contributed by atoms with E-state index in [0.29, 0.717) is 33.7 Å². The van der Waals surface area contributed by atoms with E-state index in [1.54, 1.807) is 61.5 Å². The van der Waals surface area contributed by atoms with E-state index in [-0.39, 0.29) is 11.7 Å². The second-order valence-electron chi connectivity index (χ2n) is 7.89. The maximum atomic E-state index is 13.4. The highest BCUT2D eigenvalue weighted by atomic mass is 19.1. The van der Waals surface area contributed by atoms with Crippen LogP contribution in [-0.2, 0) is 10.3 Å². The van der Waals surface area contributed by atoms with E-state index in [2.05, 4.69) is 25.9 Å². The molecule has 1 aromatic heterocycles. The Morgan fingerprint density at radius 2 is 1.82 bits per heavy atom. The normalized spacial score (nSPS) is 17.6. The first kappa shape index (κ1) is 20.4. The fraction of sp³-hybridized carbons (Fsp3) is 0.0833. The van der Waals surface area contributed by atoms with Crippen molar-refractivity contribution in [3.8, 4) is 11.4 Å². The predicted molar refractivity (Wildman–Crippen MR) is 120 cm³/mol. The highest BCUT2D eigenvalue weighted by molar-refractivity contribution is 6.08. The number of anilines is 1. The predicted octanol–water partition coefficient (Wildman–Crippen LogP) is 3.68. The molecule has 8 nitrogen and oxygen atoms in total. The van der Waals surface area contributed by atoms with Gasteiger partial charge < -0.3 is 15.6 Å². The Labute approximate surface area is 187 Å². The number of imide groups is 1. The number of halogens is 1. The third-order valence-corrected chi connectivity index (χ3v) is 5.61. The van der Waals surface area contributed by atoms with Crippen molar-refractivity contribution in [3.05, 3.63) is 83.7 Å². The number of nitrogens with one attached hydrogen (secondary N) is 4. The van der Waals surface area contributed by atoms with Crippen molar-refractivity contribution in [3.63, 3.8) is 0 Å². The number of aromatic amines is 1. The first-order chi connectivity index (χ1) is 15.8. The fourth-order valence-electron chi connectivity index (χ4n) is 3.75. The summed E-state index contributed by atoms with van der Waals surface area (Å²) in [6.45, 7) is 1.58. The van der Waals surface area contributed by atoms with Crippen LogP contribution in [-0.4, -0.2) is 27.8 Å². The number of fused-ring (bicyclic) bond motifs is 1. The number of hydrogen-bond donors (Lipinski definition) is 4. The van der Waals surface area contributed by atoms with Crippen LogP contribution < -0.4 is 16.0 Å². The van der Waals surface area contributed by atoms with E-state index in [1.807, 2.05) is 0 Å². The first-order valence-electron chi connectivity index (χ1n) is 10.1. The lowest BCUT2D eigenvalue weighted by atomic mass is 9.91. The van der Waals surface area contributed by atoms with Crippen LogP contribution in [0, 0.1) is 5.82 Å². The second kappa shape index (κ2) is 7.56. The average Bonchev–Trinajstić information content (AvgIpc) is 3.34. The second-order valence-corrected chi connectivity index (χ2v) is 7.89. The Balaban J connectivity index is 1.34. The van der Waals surface area contributed by atoms with E-state index in [4.69, 9.17) is 0 Å². The number of urea groups is 1. The SMILES string of the molecule is CC1(c2cccc(C(=O)Nc3ccc(-c4nc5ccc(F)cc5[nH]4)cc3)c2)NC(=O)NC1=O. The van der Waals surface area contributed by atoms with Crippen LogP contribution in [0.15, 0.2) is 66.7 Å². The zero-order valence-electron chi connectivity index (χ0n) is 17.4. The van der Waals surface area contributed by atoms with Gasteiger partial charge in [-0.1, -0.05) is 12.1 Å². The van der Waals surface area contributed by atoms with Crippen molar-refractivity contribution in [1.82, 2.24) is 20.6 Å². The maximum Gasteiger partial charge on any atom is 0.322 e. The molecule has 3 aromatic carbocycles. The van der Waals surface area contributed by atoms with Gasteiger partial charge in [0.05, 0.1) is 11.0 Å². The summed E-state index contributed by atoms with van der Waals surface area (Å²) in [4.78, 5) is 44.1. The molecular formula is C24H18FN5O3. The Kier molecular flexibility index (Phi) is 4.67. The molecule has 164 valence electrons. The monoisotopic (exact) mass is 443 g/mol. The molecule has 1 atom stereocenters. The van der Waals surface area contributed by atoms with Crippen LogP contribution >= 0.6 is 0 Å². The van der Waals surface area contributed by atoms with Crippen molar-refractivity contribution in [2.75, 3.05) is 5.32 Å². The van der Waals surface area contributed by atoms with Gasteiger partial charge in [-0.05, 0) is 67.1 Å². The molecule has 0 spiro atoms. The summed E-state index contributed by atoms with van der Waals surface area (Å²) < 4.78 is 13.4. The van der Waals surface area contributed by atoms with Gasteiger partial charge in [-0.2, -0.15) is 0 Å². The molecule has 1 aliphatic rings. The van der Waals surface area contributed by atoms with Gasteiger partial charge >= 0.3 is 6.03 Å². The van der Waals surface area contributed by atoms with E-state index < -0.39 is 17.5 Å². The van der Waals surface area contributed by atoms with Crippen LogP contribution in [0.1, 0.15) is 22.8 Å². The number of benzene rings is 3. The van der Waals surface area contributed by atoms with Gasteiger partial charge in [0, 0.05) is 16.8 Å². The topological polar surface area (TPSA) is 116 Å². The van der Waals surface area contributed by atoms with Crippen molar-refractivity contribution in [1.29, 1.82) is 0 Å². The molecule has 9 heteroatoms. The molecule has 1 unspecified atom stereocenters. The minimum Gasteiger partial charge on any atom is -0.338 e. The molecule has 4 N–H and O–H groups in total. The Morgan fingerprint density at radius 3 is 2.55 bits per heavy atom. The highest BCUT2D eigenvalue weighted by Crippen LogP contribution is 2.26. The molecule has 1 saturated heterocycles. The molecule has 1 aliphatic heterocycles. The summed E-state index contributed by atoms with van der Waals surface area (Å²) in [5, 5.41) is 7.61. The highest BCUT2D eigenvalue weighted by Gasteiger charge is 2.43. The van der Waals surface area contributed by atoms with Crippen LogP contribution in [0.4, 0.5) is 14.9 Å². The molecule has 0 bridgehead atoms. The van der Waals surface area contributed by atoms with Gasteiger partial charge in [0.1, 0.15) is 17.2 Å². The number of nitrogens with zero attached hydrogens (tertiary/aromatic N) is 1. The van der Waals surface area contributed by atoms with E-state index in [9.17, 15) is 18.8 Å². The quantitative estimate of drug-likeness (QED) is 0.360. The number of amides is 4. The Morgan fingerprint density at radius 1 is 1.03 bits per heavy atom. The number of carbonyl (C=O) groups is 3. The smallest absolute Gasteiger partial charge is 0.322 e. The number of aromatic nitrogens is 2. The molecule has 4 aromatic rings. The molecule has 0 saturated carbocycles. The number of rotatable bonds is 4. The van der Waals surface area contributed by atoms with Gasteiger partial charge in [-0.3, -0.25) is 14.9 Å². The van der Waals surface area contributed by atoms with E-state index in [0.717, 1.165) is 5.56 Å². The van der Waals surface area contributed by atoms with Gasteiger partial charge in [-0.25, -0.2) is 14.2 Å². The largest absolute Gasteiger partial charge is 0.338 e. The van der Waals surface area contributed by atoms with Crippen molar-refractivity contribution >= 4 is 34.6 Å². The van der Waals surface area contributed by atoms with Crippen molar-refractivity contribution < 1.29 is 18.8 Å². The number of carbonyl (C=O) groups excluding carboxylic acids is 3. The van der Waals surface area contributed by atoms with Crippen molar-refractivity contribution in [2.24, 2.45) is 0 Å². The van der Waals surface area contributed by atoms with Crippen LogP contribution in [0.25, 0.3) is 22.4 Å². The summed E-state index contributed by atoms with van der Waals surface area (Å²) >= 11 is 0. The molecule has 33 heavy (non-hydrogen) atoms. The summed E-state index contributed by atoms with van der Waals surface area (Å²) in [6.07, 6.45) is 0. The lowest BCUT2D eigenvalue weighted by molar-refractivity contribution is -0.123. The molecule has 5 rings (SSSR count). The standard InChI is InChI=1S/C24H18FN5O3/c1-24(22(32)29-23(33)30-24)15-4-2-3-14(11-15)21(31)26-17-8-5-13(6-9-17)20-27-18-10-7-16(25)12-19(18)28-20/h2-12H,1H3,(H,26,31)(H,27,28)(H2,29,30,32,33). The third kappa shape index (κ3) is 3.69. The molecule has 2 heterocycles. The zero-order chi connectivity index (χ0) is 23.2. The lowest BCUT2D eigenvalue weighted by Crippen LogP contribution is -2.40. The molecule has 1 fully saturated rings. The van der Waals surface area contributed by atoms with E-state index >= 15 is 0 Å². The molecule has 0 aliphatic carbocycles. The Bertz CT molecular complexity index is 1430. The summed E-state index contributed by atoms with van der Waals surface area (Å²) in [5.41, 5.74) is 2.19. The lowest BCUT2D eigenvalue weighted by Gasteiger charge is -2.21. The maximum absolute atomic E-state index is 13.4. The molecule has 4 amide bonds. The van der Waals surface area contributed by atoms with Gasteiger partial charge in [0.15, 0.2) is 0 Å². The fourth-order valence-corrected chi connectivity index (χ4v) is 3.75. The minimum absolute atomic E-state index is 0.339. The van der Waals surface area contributed by atoms with Gasteiger partial charge in [-0.15, -0.1) is 0 Å². The Hall–Kier alpha value is -4.53. The molecule has 0 radical (unpaired) electrons. The van der Waals surface area contributed by atoms with Crippen LogP contribution in [0.2, 0.25) is 0 Å². The minimum atomic E-state index is -1.25. The third-order valence-electron chi connectivity index (χ3n) is 5.61. The first-order valence-corrected chi connectivity index (χ1v) is 10.1. The average molecular weight is 443 g/mol. The van der Waals surface area contributed by atoms with Crippen LogP contribution in [0.5, 0.6) is 0 Å². The van der Waals surface area contributed by atoms with Gasteiger partial charge in [0.25, 0.3) is 11.8 Å². The zero-order valence-corrected chi connectivity index (χ0v) is 17.4. The number of H-pyrrole nitrogens is 1. The summed E-state index contributed by atoms with van der Waals surface area (Å²) in [6, 6.07) is 17.3. The number of imidazole rings is 1. The summed E-state index contributed by atoms with van der Waals surface area (Å²) in [7, 11) is 0. The van der Waals surface area contributed by atoms with Crippen LogP contribution in [0.3, 0.4) is 0 Å². The summed E-state index contributed by atoms with van der Waals surface area (Å²) in [5.74, 6) is -0.595. The number of hydrogen-bond acceptors (Lipinski definition) is 4. The van der Waals surface area contributed by atoms with Crippen molar-refractivity contribution in [2.45, 2.75) is 12.5 Å².